The van der Waals surface area contributed by atoms with E-state index in [9.17, 15) is 9.59 Å². The molecule has 1 heterocycles. The van der Waals surface area contributed by atoms with E-state index in [2.05, 4.69) is 5.43 Å². The van der Waals surface area contributed by atoms with E-state index in [4.69, 9.17) is 5.84 Å². The number of amides is 1. The number of hydrogen-bond donors (Lipinski definition) is 2. The molecular formula is C12H20N4O2. The normalized spacial score (nSPS) is 14.7. The summed E-state index contributed by atoms with van der Waals surface area (Å²) in [5, 5.41) is 0. The van der Waals surface area contributed by atoms with Gasteiger partial charge in [-0.1, -0.05) is 6.42 Å². The van der Waals surface area contributed by atoms with Gasteiger partial charge in [0.25, 0.3) is 0 Å². The molecule has 1 aliphatic rings. The Morgan fingerprint density at radius 1 is 1.33 bits per heavy atom. The molecule has 0 unspecified atom stereocenters. The topological polar surface area (TPSA) is 82.0 Å². The van der Waals surface area contributed by atoms with Crippen molar-refractivity contribution in [3.05, 3.63) is 22.9 Å². The Bertz CT molecular complexity index is 459. The van der Waals surface area contributed by atoms with Crippen LogP contribution >= 0.6 is 0 Å². The van der Waals surface area contributed by atoms with Crippen molar-refractivity contribution in [3.63, 3.8) is 0 Å². The number of nitrogens with zero attached hydrogens (tertiary/aromatic N) is 2. The van der Waals surface area contributed by atoms with Crippen LogP contribution in [0.15, 0.2) is 17.2 Å². The Balaban J connectivity index is 1.70. The maximum absolute atomic E-state index is 11.9. The van der Waals surface area contributed by atoms with E-state index in [-0.39, 0.29) is 11.6 Å². The largest absolute Gasteiger partial charge is 0.328 e. The number of unbranched alkanes of at least 4 members (excludes halogenated alkanes) is 2. The first-order valence-corrected chi connectivity index (χ1v) is 6.49. The van der Waals surface area contributed by atoms with Crippen LogP contribution in [0.4, 0.5) is 0 Å². The summed E-state index contributed by atoms with van der Waals surface area (Å²) in [7, 11) is 0. The molecule has 3 N–H and O–H groups in total. The van der Waals surface area contributed by atoms with E-state index in [1.165, 1.54) is 0 Å². The van der Waals surface area contributed by atoms with Gasteiger partial charge in [0.15, 0.2) is 0 Å². The van der Waals surface area contributed by atoms with Crippen LogP contribution in [0, 0.1) is 0 Å². The third kappa shape index (κ3) is 3.22. The highest BCUT2D eigenvalue weighted by Gasteiger charge is 2.25. The molecule has 2 rings (SSSR count). The molecule has 0 saturated heterocycles. The van der Waals surface area contributed by atoms with Gasteiger partial charge in [0.2, 0.25) is 5.91 Å². The van der Waals surface area contributed by atoms with E-state index in [0.29, 0.717) is 12.5 Å². The lowest BCUT2D eigenvalue weighted by atomic mass is 10.2. The summed E-state index contributed by atoms with van der Waals surface area (Å²) >= 11 is 0. The van der Waals surface area contributed by atoms with Crippen molar-refractivity contribution in [2.45, 2.75) is 51.1 Å². The fourth-order valence-corrected chi connectivity index (χ4v) is 2.05. The molecule has 0 spiro atoms. The molecular weight excluding hydrogens is 232 g/mol. The molecule has 0 bridgehead atoms. The van der Waals surface area contributed by atoms with E-state index < -0.39 is 0 Å². The van der Waals surface area contributed by atoms with Crippen molar-refractivity contribution in [1.29, 1.82) is 0 Å². The molecule has 1 aliphatic carbocycles. The average molecular weight is 252 g/mol. The Kier molecular flexibility index (Phi) is 4.19. The molecule has 1 aromatic rings. The summed E-state index contributed by atoms with van der Waals surface area (Å²) in [6.45, 7) is 0.725. The van der Waals surface area contributed by atoms with Crippen LogP contribution in [0.25, 0.3) is 0 Å². The number of rotatable bonds is 7. The second kappa shape index (κ2) is 5.86. The maximum atomic E-state index is 11.9. The first-order chi connectivity index (χ1) is 8.72. The number of aromatic nitrogens is 2. The molecule has 0 aromatic carbocycles. The standard InChI is InChI=1S/C12H20N4O2/c13-14-11(17)4-2-1-3-7-15-8-9-16(12(15)18)10-5-6-10/h8-10H,1-7,13H2,(H,14,17). The molecule has 1 saturated carbocycles. The highest BCUT2D eigenvalue weighted by molar-refractivity contribution is 5.74. The van der Waals surface area contributed by atoms with Gasteiger partial charge in [0.05, 0.1) is 0 Å². The molecule has 1 aromatic heterocycles. The van der Waals surface area contributed by atoms with Gasteiger partial charge in [0.1, 0.15) is 0 Å². The lowest BCUT2D eigenvalue weighted by Gasteiger charge is -2.02. The molecule has 100 valence electrons. The Morgan fingerprint density at radius 2 is 2.11 bits per heavy atom. The van der Waals surface area contributed by atoms with E-state index in [1.54, 1.807) is 4.57 Å². The van der Waals surface area contributed by atoms with Gasteiger partial charge in [-0.25, -0.2) is 10.6 Å². The third-order valence-corrected chi connectivity index (χ3v) is 3.28. The fraction of sp³-hybridized carbons (Fsp3) is 0.667. The predicted octanol–water partition coefficient (Wildman–Crippen LogP) is 0.535. The quantitative estimate of drug-likeness (QED) is 0.321. The number of aryl methyl sites for hydroxylation is 1. The van der Waals surface area contributed by atoms with Crippen molar-refractivity contribution in [2.24, 2.45) is 5.84 Å². The third-order valence-electron chi connectivity index (χ3n) is 3.28. The van der Waals surface area contributed by atoms with Crippen LogP contribution in [0.2, 0.25) is 0 Å². The van der Waals surface area contributed by atoms with Crippen molar-refractivity contribution in [3.8, 4) is 0 Å². The zero-order valence-electron chi connectivity index (χ0n) is 10.5. The highest BCUT2D eigenvalue weighted by atomic mass is 16.2. The minimum atomic E-state index is -0.132. The number of carbonyl (C=O) groups excluding carboxylic acids is 1. The molecule has 18 heavy (non-hydrogen) atoms. The number of carbonyl (C=O) groups is 1. The van der Waals surface area contributed by atoms with E-state index >= 15 is 0 Å². The lowest BCUT2D eigenvalue weighted by Crippen LogP contribution is -2.29. The van der Waals surface area contributed by atoms with Gasteiger partial charge < -0.3 is 0 Å². The van der Waals surface area contributed by atoms with Crippen LogP contribution in [-0.2, 0) is 11.3 Å². The molecule has 0 radical (unpaired) electrons. The van der Waals surface area contributed by atoms with Crippen LogP contribution in [0.3, 0.4) is 0 Å². The van der Waals surface area contributed by atoms with Gasteiger partial charge in [-0.15, -0.1) is 0 Å². The van der Waals surface area contributed by atoms with Gasteiger partial charge in [-0.2, -0.15) is 0 Å². The predicted molar refractivity (Wildman–Crippen MR) is 67.8 cm³/mol. The Morgan fingerprint density at radius 3 is 2.78 bits per heavy atom. The summed E-state index contributed by atoms with van der Waals surface area (Å²) in [4.78, 5) is 22.8. The minimum absolute atomic E-state index is 0.0946. The van der Waals surface area contributed by atoms with Crippen molar-refractivity contribution in [2.75, 3.05) is 0 Å². The second-order valence-corrected chi connectivity index (χ2v) is 4.79. The second-order valence-electron chi connectivity index (χ2n) is 4.79. The zero-order valence-corrected chi connectivity index (χ0v) is 10.5. The number of imidazole rings is 1. The lowest BCUT2D eigenvalue weighted by molar-refractivity contribution is -0.121. The van der Waals surface area contributed by atoms with Gasteiger partial charge in [-0.05, 0) is 25.7 Å². The summed E-state index contributed by atoms with van der Waals surface area (Å²) in [5.41, 5.74) is 2.20. The number of hydrazine groups is 1. The van der Waals surface area contributed by atoms with Gasteiger partial charge in [0, 0.05) is 31.4 Å². The maximum Gasteiger partial charge on any atom is 0.328 e. The highest BCUT2D eigenvalue weighted by Crippen LogP contribution is 2.33. The molecule has 0 aliphatic heterocycles. The van der Waals surface area contributed by atoms with E-state index in [0.717, 1.165) is 38.6 Å². The minimum Gasteiger partial charge on any atom is -0.299 e. The monoisotopic (exact) mass is 252 g/mol. The van der Waals surface area contributed by atoms with Crippen LogP contribution in [-0.4, -0.2) is 15.0 Å². The van der Waals surface area contributed by atoms with Crippen molar-refractivity contribution < 1.29 is 4.79 Å². The van der Waals surface area contributed by atoms with Crippen LogP contribution in [0.1, 0.15) is 44.6 Å². The number of nitrogens with two attached hydrogens (primary N) is 1. The SMILES string of the molecule is NNC(=O)CCCCCn1ccn(C2CC2)c1=O. The smallest absolute Gasteiger partial charge is 0.299 e. The van der Waals surface area contributed by atoms with Gasteiger partial charge >= 0.3 is 5.69 Å². The first-order valence-electron chi connectivity index (χ1n) is 6.49. The molecule has 1 fully saturated rings. The van der Waals surface area contributed by atoms with Gasteiger partial charge in [-0.3, -0.25) is 19.4 Å². The summed E-state index contributed by atoms with van der Waals surface area (Å²) in [6, 6.07) is 0.437. The van der Waals surface area contributed by atoms with Crippen LogP contribution < -0.4 is 17.0 Å². The summed E-state index contributed by atoms with van der Waals surface area (Å²) in [5.74, 6) is 4.85. The number of hydrogen-bond acceptors (Lipinski definition) is 3. The van der Waals surface area contributed by atoms with Crippen molar-refractivity contribution in [1.82, 2.24) is 14.6 Å². The van der Waals surface area contributed by atoms with E-state index in [1.807, 2.05) is 17.0 Å². The van der Waals surface area contributed by atoms with Crippen LogP contribution in [0.5, 0.6) is 0 Å². The molecule has 0 atom stereocenters. The number of nitrogens with one attached hydrogen (secondary N) is 1. The molecule has 6 nitrogen and oxygen atoms in total. The average Bonchev–Trinajstić information content (AvgIpc) is 3.15. The Labute approximate surface area is 106 Å². The summed E-state index contributed by atoms with van der Waals surface area (Å²) < 4.78 is 3.57. The summed E-state index contributed by atoms with van der Waals surface area (Å²) in [6.07, 6.45) is 9.07. The fourth-order valence-electron chi connectivity index (χ4n) is 2.05. The first kappa shape index (κ1) is 12.9. The molecule has 6 heteroatoms. The van der Waals surface area contributed by atoms with Crippen molar-refractivity contribution >= 4 is 5.91 Å². The Hall–Kier alpha value is -1.56. The molecule has 1 amide bonds. The zero-order chi connectivity index (χ0) is 13.0.